The van der Waals surface area contributed by atoms with E-state index in [1.54, 1.807) is 7.11 Å². The first-order chi connectivity index (χ1) is 9.04. The minimum atomic E-state index is 0.238. The molecule has 1 aliphatic rings. The molecule has 1 aliphatic carbocycles. The zero-order valence-corrected chi connectivity index (χ0v) is 12.4. The normalized spacial score (nSPS) is 25.9. The highest BCUT2D eigenvalue weighted by molar-refractivity contribution is 5.31. The van der Waals surface area contributed by atoms with Gasteiger partial charge >= 0.3 is 0 Å². The molecule has 0 saturated heterocycles. The van der Waals surface area contributed by atoms with Crippen LogP contribution in [0.5, 0.6) is 11.5 Å². The fourth-order valence-corrected chi connectivity index (χ4v) is 2.80. The van der Waals surface area contributed by atoms with E-state index in [0.717, 1.165) is 17.9 Å². The molecule has 1 saturated carbocycles. The van der Waals surface area contributed by atoms with Gasteiger partial charge in [-0.05, 0) is 56.0 Å². The summed E-state index contributed by atoms with van der Waals surface area (Å²) in [5, 5.41) is 3.38. The average Bonchev–Trinajstić information content (AvgIpc) is 2.39. The summed E-state index contributed by atoms with van der Waals surface area (Å²) in [5.74, 6) is 1.78. The van der Waals surface area contributed by atoms with E-state index < -0.39 is 0 Å². The summed E-state index contributed by atoms with van der Waals surface area (Å²) in [4.78, 5) is 0. The van der Waals surface area contributed by atoms with Crippen LogP contribution in [0.1, 0.15) is 33.1 Å². The summed E-state index contributed by atoms with van der Waals surface area (Å²) in [6.45, 7) is 4.65. The SMILES string of the molecule is CNC1CCC(C)(C)CC1Oc1ccc(OC)cc1. The summed E-state index contributed by atoms with van der Waals surface area (Å²) in [6, 6.07) is 8.28. The molecule has 0 spiro atoms. The van der Waals surface area contributed by atoms with E-state index in [0.29, 0.717) is 11.5 Å². The third-order valence-electron chi connectivity index (χ3n) is 4.05. The van der Waals surface area contributed by atoms with E-state index in [-0.39, 0.29) is 6.10 Å². The van der Waals surface area contributed by atoms with E-state index in [2.05, 4.69) is 19.2 Å². The van der Waals surface area contributed by atoms with Crippen molar-refractivity contribution in [3.63, 3.8) is 0 Å². The van der Waals surface area contributed by atoms with Gasteiger partial charge in [0.05, 0.1) is 7.11 Å². The molecule has 0 amide bonds. The number of rotatable bonds is 4. The Balaban J connectivity index is 2.05. The molecule has 0 heterocycles. The molecule has 3 nitrogen and oxygen atoms in total. The lowest BCUT2D eigenvalue weighted by molar-refractivity contribution is 0.0558. The Kier molecular flexibility index (Phi) is 4.35. The molecule has 3 heteroatoms. The maximum Gasteiger partial charge on any atom is 0.120 e. The van der Waals surface area contributed by atoms with Crippen LogP contribution in [0.4, 0.5) is 0 Å². The highest BCUT2D eigenvalue weighted by Gasteiger charge is 2.35. The molecule has 1 aromatic rings. The van der Waals surface area contributed by atoms with E-state index in [1.165, 1.54) is 12.8 Å². The number of likely N-dealkylation sites (N-methyl/N-ethyl adjacent to an activating group) is 1. The van der Waals surface area contributed by atoms with Gasteiger partial charge in [-0.15, -0.1) is 0 Å². The van der Waals surface area contributed by atoms with Crippen LogP contribution in [0.15, 0.2) is 24.3 Å². The van der Waals surface area contributed by atoms with Gasteiger partial charge in [-0.3, -0.25) is 0 Å². The number of hydrogen-bond donors (Lipinski definition) is 1. The largest absolute Gasteiger partial charge is 0.497 e. The third-order valence-corrected chi connectivity index (χ3v) is 4.05. The fraction of sp³-hybridized carbons (Fsp3) is 0.625. The molecular formula is C16H25NO2. The van der Waals surface area contributed by atoms with E-state index in [4.69, 9.17) is 9.47 Å². The molecule has 19 heavy (non-hydrogen) atoms. The van der Waals surface area contributed by atoms with Gasteiger partial charge in [-0.25, -0.2) is 0 Å². The lowest BCUT2D eigenvalue weighted by atomic mass is 9.74. The van der Waals surface area contributed by atoms with E-state index in [9.17, 15) is 0 Å². The monoisotopic (exact) mass is 263 g/mol. The number of methoxy groups -OCH3 is 1. The van der Waals surface area contributed by atoms with Crippen molar-refractivity contribution in [1.29, 1.82) is 0 Å². The zero-order chi connectivity index (χ0) is 13.9. The molecular weight excluding hydrogens is 238 g/mol. The van der Waals surface area contributed by atoms with Crippen LogP contribution in [0.25, 0.3) is 0 Å². The fourth-order valence-electron chi connectivity index (χ4n) is 2.80. The topological polar surface area (TPSA) is 30.5 Å². The molecule has 0 bridgehead atoms. The maximum atomic E-state index is 6.18. The molecule has 2 rings (SSSR count). The second kappa shape index (κ2) is 5.83. The lowest BCUT2D eigenvalue weighted by Crippen LogP contribution is -2.47. The van der Waals surface area contributed by atoms with Gasteiger partial charge in [0.25, 0.3) is 0 Å². The average molecular weight is 263 g/mol. The van der Waals surface area contributed by atoms with Gasteiger partial charge in [-0.2, -0.15) is 0 Å². The molecule has 0 aliphatic heterocycles. The van der Waals surface area contributed by atoms with Crippen molar-refractivity contribution >= 4 is 0 Å². The van der Waals surface area contributed by atoms with Crippen molar-refractivity contribution in [2.45, 2.75) is 45.3 Å². The predicted octanol–water partition coefficient (Wildman–Crippen LogP) is 3.24. The van der Waals surface area contributed by atoms with Gasteiger partial charge in [0.15, 0.2) is 0 Å². The van der Waals surface area contributed by atoms with Crippen LogP contribution >= 0.6 is 0 Å². The summed E-state index contributed by atoms with van der Waals surface area (Å²) in [5.41, 5.74) is 0.366. The standard InChI is InChI=1S/C16H25NO2/c1-16(2)10-9-14(17-3)15(11-16)19-13-7-5-12(18-4)6-8-13/h5-8,14-15,17H,9-11H2,1-4H3. The number of hydrogen-bond acceptors (Lipinski definition) is 3. The smallest absolute Gasteiger partial charge is 0.120 e. The highest BCUT2D eigenvalue weighted by atomic mass is 16.5. The van der Waals surface area contributed by atoms with Crippen LogP contribution in [-0.2, 0) is 0 Å². The third kappa shape index (κ3) is 3.63. The Morgan fingerprint density at radius 2 is 1.79 bits per heavy atom. The van der Waals surface area contributed by atoms with Crippen molar-refractivity contribution in [3.8, 4) is 11.5 Å². The Morgan fingerprint density at radius 1 is 1.16 bits per heavy atom. The zero-order valence-electron chi connectivity index (χ0n) is 12.4. The summed E-state index contributed by atoms with van der Waals surface area (Å²) in [7, 11) is 3.70. The van der Waals surface area contributed by atoms with Crippen LogP contribution < -0.4 is 14.8 Å². The summed E-state index contributed by atoms with van der Waals surface area (Å²) in [6.07, 6.45) is 3.75. The molecule has 1 fully saturated rings. The Hall–Kier alpha value is -1.22. The van der Waals surface area contributed by atoms with E-state index in [1.807, 2.05) is 31.3 Å². The molecule has 1 aromatic carbocycles. The minimum Gasteiger partial charge on any atom is -0.497 e. The van der Waals surface area contributed by atoms with Crippen LogP contribution in [-0.4, -0.2) is 26.3 Å². The molecule has 0 radical (unpaired) electrons. The van der Waals surface area contributed by atoms with Crippen molar-refractivity contribution in [2.24, 2.45) is 5.41 Å². The summed E-state index contributed by atoms with van der Waals surface area (Å²) >= 11 is 0. The molecule has 2 atom stereocenters. The quantitative estimate of drug-likeness (QED) is 0.904. The number of ether oxygens (including phenoxy) is 2. The van der Waals surface area contributed by atoms with Crippen LogP contribution in [0.3, 0.4) is 0 Å². The van der Waals surface area contributed by atoms with Crippen molar-refractivity contribution in [1.82, 2.24) is 5.32 Å². The molecule has 106 valence electrons. The highest BCUT2D eigenvalue weighted by Crippen LogP contribution is 2.37. The predicted molar refractivity (Wildman–Crippen MR) is 77.9 cm³/mol. The second-order valence-corrected chi connectivity index (χ2v) is 6.13. The minimum absolute atomic E-state index is 0.238. The van der Waals surface area contributed by atoms with E-state index >= 15 is 0 Å². The number of benzene rings is 1. The molecule has 2 unspecified atom stereocenters. The molecule has 0 aromatic heterocycles. The number of nitrogens with one attached hydrogen (secondary N) is 1. The van der Waals surface area contributed by atoms with Crippen molar-refractivity contribution in [3.05, 3.63) is 24.3 Å². The van der Waals surface area contributed by atoms with Crippen molar-refractivity contribution < 1.29 is 9.47 Å². The Bertz CT molecular complexity index is 400. The van der Waals surface area contributed by atoms with Crippen molar-refractivity contribution in [2.75, 3.05) is 14.2 Å². The Morgan fingerprint density at radius 3 is 2.37 bits per heavy atom. The van der Waals surface area contributed by atoms with Crippen LogP contribution in [0, 0.1) is 5.41 Å². The van der Waals surface area contributed by atoms with Gasteiger partial charge < -0.3 is 14.8 Å². The first-order valence-corrected chi connectivity index (χ1v) is 7.02. The Labute approximate surface area is 116 Å². The summed E-state index contributed by atoms with van der Waals surface area (Å²) < 4.78 is 11.3. The van der Waals surface area contributed by atoms with Gasteiger partial charge in [0.2, 0.25) is 0 Å². The second-order valence-electron chi connectivity index (χ2n) is 6.13. The first kappa shape index (κ1) is 14.2. The first-order valence-electron chi connectivity index (χ1n) is 7.02. The lowest BCUT2D eigenvalue weighted by Gasteiger charge is -2.40. The maximum absolute atomic E-state index is 6.18. The van der Waals surface area contributed by atoms with Gasteiger partial charge in [0, 0.05) is 6.04 Å². The van der Waals surface area contributed by atoms with Gasteiger partial charge in [0.1, 0.15) is 17.6 Å². The van der Waals surface area contributed by atoms with Crippen LogP contribution in [0.2, 0.25) is 0 Å². The molecule has 1 N–H and O–H groups in total. The van der Waals surface area contributed by atoms with Gasteiger partial charge in [-0.1, -0.05) is 13.8 Å².